The summed E-state index contributed by atoms with van der Waals surface area (Å²) in [6.07, 6.45) is 0. The Bertz CT molecular complexity index is 1040. The van der Waals surface area contributed by atoms with Gasteiger partial charge in [-0.1, -0.05) is 23.9 Å². The fraction of sp³-hybridized carbons (Fsp3) is 0.111. The normalized spacial score (nSPS) is 10.5. The van der Waals surface area contributed by atoms with E-state index in [2.05, 4.69) is 21.0 Å². The summed E-state index contributed by atoms with van der Waals surface area (Å²) in [6, 6.07) is 10.7. The highest BCUT2D eigenvalue weighted by atomic mass is 32.2. The van der Waals surface area contributed by atoms with E-state index in [1.165, 1.54) is 30.3 Å². The fourth-order valence-electron chi connectivity index (χ4n) is 2.17. The molecule has 0 unspecified atom stereocenters. The standard InChI is InChI=1S/C18H16F2N6O3S/c19-12-7-5-11(6-8-12)17(28)24-23-16(27)10-30-18-25-22-15(26(18)21)9-29-14-4-2-1-3-13(14)20/h1-8H,9-10,21H2,(H,23,27)(H,24,28). The van der Waals surface area contributed by atoms with E-state index >= 15 is 0 Å². The molecule has 0 radical (unpaired) electrons. The van der Waals surface area contributed by atoms with Gasteiger partial charge in [-0.25, -0.2) is 13.5 Å². The van der Waals surface area contributed by atoms with E-state index in [1.54, 1.807) is 6.07 Å². The number of amides is 2. The van der Waals surface area contributed by atoms with Gasteiger partial charge in [0.15, 0.2) is 17.4 Å². The molecule has 0 fully saturated rings. The zero-order valence-corrected chi connectivity index (χ0v) is 16.2. The molecule has 4 N–H and O–H groups in total. The number of nitrogens with two attached hydrogens (primary N) is 1. The Hall–Kier alpha value is -3.67. The Balaban J connectivity index is 1.46. The van der Waals surface area contributed by atoms with Crippen molar-refractivity contribution >= 4 is 23.6 Å². The lowest BCUT2D eigenvalue weighted by molar-refractivity contribution is -0.119. The third kappa shape index (κ3) is 5.44. The Kier molecular flexibility index (Phi) is 6.80. The number of nitrogens with zero attached hydrogens (tertiary/aromatic N) is 3. The number of hydrogen-bond acceptors (Lipinski definition) is 7. The molecule has 0 saturated carbocycles. The van der Waals surface area contributed by atoms with Gasteiger partial charge in [0.25, 0.3) is 5.91 Å². The zero-order chi connectivity index (χ0) is 21.5. The van der Waals surface area contributed by atoms with Crippen LogP contribution in [0.2, 0.25) is 0 Å². The molecule has 0 atom stereocenters. The number of hydrogen-bond donors (Lipinski definition) is 3. The smallest absolute Gasteiger partial charge is 0.269 e. The van der Waals surface area contributed by atoms with Crippen LogP contribution < -0.4 is 21.4 Å². The van der Waals surface area contributed by atoms with E-state index in [-0.39, 0.29) is 34.7 Å². The molecule has 3 aromatic rings. The monoisotopic (exact) mass is 434 g/mol. The van der Waals surface area contributed by atoms with Crippen molar-refractivity contribution in [1.82, 2.24) is 25.7 Å². The van der Waals surface area contributed by atoms with Crippen LogP contribution in [-0.4, -0.2) is 32.4 Å². The van der Waals surface area contributed by atoms with Crippen molar-refractivity contribution in [3.8, 4) is 5.75 Å². The summed E-state index contributed by atoms with van der Waals surface area (Å²) in [7, 11) is 0. The summed E-state index contributed by atoms with van der Waals surface area (Å²) >= 11 is 0.972. The summed E-state index contributed by atoms with van der Waals surface area (Å²) in [4.78, 5) is 23.8. The molecular formula is C18H16F2N6O3S. The second kappa shape index (κ2) is 9.69. The van der Waals surface area contributed by atoms with Gasteiger partial charge < -0.3 is 10.6 Å². The number of para-hydroxylation sites is 1. The van der Waals surface area contributed by atoms with E-state index in [0.717, 1.165) is 28.6 Å². The minimum Gasteiger partial charge on any atom is -0.482 e. The molecule has 0 spiro atoms. The largest absolute Gasteiger partial charge is 0.482 e. The van der Waals surface area contributed by atoms with Crippen LogP contribution in [0.4, 0.5) is 8.78 Å². The summed E-state index contributed by atoms with van der Waals surface area (Å²) < 4.78 is 32.9. The molecule has 156 valence electrons. The predicted molar refractivity (Wildman–Crippen MR) is 104 cm³/mol. The van der Waals surface area contributed by atoms with Crippen LogP contribution in [0.3, 0.4) is 0 Å². The van der Waals surface area contributed by atoms with Gasteiger partial charge in [-0.3, -0.25) is 20.4 Å². The lowest BCUT2D eigenvalue weighted by Crippen LogP contribution is -2.42. The number of nitrogen functional groups attached to an aromatic ring is 1. The van der Waals surface area contributed by atoms with Crippen LogP contribution in [0.25, 0.3) is 0 Å². The Morgan fingerprint density at radius 2 is 1.80 bits per heavy atom. The highest BCUT2D eigenvalue weighted by molar-refractivity contribution is 7.99. The molecule has 0 aliphatic heterocycles. The number of nitrogens with one attached hydrogen (secondary N) is 2. The molecule has 0 aliphatic rings. The molecule has 1 aromatic heterocycles. The summed E-state index contributed by atoms with van der Waals surface area (Å²) in [5, 5.41) is 7.92. The quantitative estimate of drug-likeness (QED) is 0.292. The minimum atomic E-state index is -0.595. The summed E-state index contributed by atoms with van der Waals surface area (Å²) in [5.74, 6) is 3.91. The maximum atomic E-state index is 13.6. The minimum absolute atomic E-state index is 0.0472. The molecule has 0 bridgehead atoms. The van der Waals surface area contributed by atoms with Gasteiger partial charge in [-0.05, 0) is 36.4 Å². The topological polar surface area (TPSA) is 124 Å². The highest BCUT2D eigenvalue weighted by Gasteiger charge is 2.14. The summed E-state index contributed by atoms with van der Waals surface area (Å²) in [5.41, 5.74) is 4.63. The molecule has 0 aliphatic carbocycles. The zero-order valence-electron chi connectivity index (χ0n) is 15.3. The van der Waals surface area contributed by atoms with Crippen molar-refractivity contribution in [2.45, 2.75) is 11.8 Å². The van der Waals surface area contributed by atoms with Crippen LogP contribution in [0, 0.1) is 11.6 Å². The lowest BCUT2D eigenvalue weighted by atomic mass is 10.2. The third-order valence-corrected chi connectivity index (χ3v) is 4.63. The van der Waals surface area contributed by atoms with E-state index in [4.69, 9.17) is 10.6 Å². The molecular weight excluding hydrogens is 418 g/mol. The van der Waals surface area contributed by atoms with Crippen LogP contribution in [-0.2, 0) is 11.4 Å². The van der Waals surface area contributed by atoms with E-state index < -0.39 is 23.4 Å². The van der Waals surface area contributed by atoms with Crippen molar-refractivity contribution in [1.29, 1.82) is 0 Å². The first-order chi connectivity index (χ1) is 14.4. The van der Waals surface area contributed by atoms with Gasteiger partial charge in [-0.15, -0.1) is 10.2 Å². The van der Waals surface area contributed by atoms with Crippen molar-refractivity contribution in [2.75, 3.05) is 11.6 Å². The van der Waals surface area contributed by atoms with Crippen LogP contribution >= 0.6 is 11.8 Å². The molecule has 9 nitrogen and oxygen atoms in total. The van der Waals surface area contributed by atoms with Crippen molar-refractivity contribution < 1.29 is 23.1 Å². The Morgan fingerprint density at radius 3 is 2.53 bits per heavy atom. The van der Waals surface area contributed by atoms with Crippen molar-refractivity contribution in [3.63, 3.8) is 0 Å². The second-order valence-electron chi connectivity index (χ2n) is 5.79. The molecule has 0 saturated heterocycles. The molecule has 12 heteroatoms. The number of halogens is 2. The Labute approximate surface area is 173 Å². The number of benzene rings is 2. The number of hydrazine groups is 1. The fourth-order valence-corrected chi connectivity index (χ4v) is 2.85. The maximum absolute atomic E-state index is 13.6. The molecule has 1 heterocycles. The molecule has 2 amide bonds. The SMILES string of the molecule is Nn1c(COc2ccccc2F)nnc1SCC(=O)NNC(=O)c1ccc(F)cc1. The van der Waals surface area contributed by atoms with Crippen molar-refractivity contribution in [2.24, 2.45) is 0 Å². The van der Waals surface area contributed by atoms with Gasteiger partial charge in [-0.2, -0.15) is 0 Å². The highest BCUT2D eigenvalue weighted by Crippen LogP contribution is 2.18. The van der Waals surface area contributed by atoms with E-state index in [9.17, 15) is 18.4 Å². The van der Waals surface area contributed by atoms with Crippen molar-refractivity contribution in [3.05, 3.63) is 71.6 Å². The summed E-state index contributed by atoms with van der Waals surface area (Å²) in [6.45, 7) is -0.120. The van der Waals surface area contributed by atoms with Crippen LogP contribution in [0.5, 0.6) is 5.75 Å². The first-order valence-electron chi connectivity index (χ1n) is 8.48. The third-order valence-electron chi connectivity index (χ3n) is 3.68. The number of carbonyl (C=O) groups excluding carboxylic acids is 2. The average molecular weight is 434 g/mol. The number of carbonyl (C=O) groups is 2. The number of thioether (sulfide) groups is 1. The predicted octanol–water partition coefficient (Wildman–Crippen LogP) is 1.40. The van der Waals surface area contributed by atoms with Gasteiger partial charge in [0, 0.05) is 5.56 Å². The number of ether oxygens (including phenoxy) is 1. The molecule has 3 rings (SSSR count). The molecule has 30 heavy (non-hydrogen) atoms. The maximum Gasteiger partial charge on any atom is 0.269 e. The van der Waals surface area contributed by atoms with Crippen LogP contribution in [0.1, 0.15) is 16.2 Å². The van der Waals surface area contributed by atoms with Gasteiger partial charge >= 0.3 is 0 Å². The van der Waals surface area contributed by atoms with E-state index in [1.807, 2.05) is 0 Å². The Morgan fingerprint density at radius 1 is 1.07 bits per heavy atom. The number of aromatic nitrogens is 3. The molecule has 2 aromatic carbocycles. The van der Waals surface area contributed by atoms with Crippen LogP contribution in [0.15, 0.2) is 53.7 Å². The first-order valence-corrected chi connectivity index (χ1v) is 9.47. The average Bonchev–Trinajstić information content (AvgIpc) is 3.10. The van der Waals surface area contributed by atoms with E-state index in [0.29, 0.717) is 0 Å². The number of rotatable bonds is 7. The van der Waals surface area contributed by atoms with Gasteiger partial charge in [0.2, 0.25) is 11.1 Å². The lowest BCUT2D eigenvalue weighted by Gasteiger charge is -2.08. The second-order valence-corrected chi connectivity index (χ2v) is 6.73. The van der Waals surface area contributed by atoms with Gasteiger partial charge in [0.05, 0.1) is 5.75 Å². The van der Waals surface area contributed by atoms with Gasteiger partial charge in [0.1, 0.15) is 12.4 Å². The first kappa shape index (κ1) is 21.0.